The van der Waals surface area contributed by atoms with Gasteiger partial charge in [0.05, 0.1) is 42.9 Å². The average Bonchev–Trinajstić information content (AvgIpc) is 3.81. The van der Waals surface area contributed by atoms with E-state index in [-0.39, 0.29) is 25.2 Å². The second-order valence-corrected chi connectivity index (χ2v) is 20.1. The van der Waals surface area contributed by atoms with Crippen molar-refractivity contribution in [3.63, 3.8) is 0 Å². The fourth-order valence-electron chi connectivity index (χ4n) is 10.8. The van der Waals surface area contributed by atoms with E-state index < -0.39 is 60.0 Å². The monoisotopic (exact) mass is 1050 g/mol. The van der Waals surface area contributed by atoms with Crippen LogP contribution in [-0.4, -0.2) is 113 Å². The number of ether oxygens (including phenoxy) is 3. The number of amides is 3. The number of rotatable bonds is 13. The SMILES string of the molecule is CCN(c1ncc(C)cc1CN1C(=O)O[C@H](c2cc(C)cc(C(F)(F)F)c2)[C@@H]1C)C1CCNCC1.CCOC(=O)N1CCC(N(CC)c2ncc(C)cc2CN2C(=O)O[C@H](c3cc(C)cc(C(F)(F)F)c3)[C@@H]2C)CC1. The molecular weight excluding hydrogens is 983 g/mol. The first-order chi connectivity index (χ1) is 35.5. The number of carbonyl (C=O) groups excluding carboxylic acids is 3. The number of piperidine rings is 2. The van der Waals surface area contributed by atoms with Crippen LogP contribution in [0.2, 0.25) is 0 Å². The highest BCUT2D eigenvalue weighted by Crippen LogP contribution is 2.41. The number of nitrogens with one attached hydrogen (secondary N) is 1. The molecule has 0 radical (unpaired) electrons. The van der Waals surface area contributed by atoms with Gasteiger partial charge in [0.1, 0.15) is 23.8 Å². The van der Waals surface area contributed by atoms with Crippen LogP contribution in [0.25, 0.3) is 0 Å². The first kappa shape index (κ1) is 56.4. The lowest BCUT2D eigenvalue weighted by atomic mass is 9.98. The van der Waals surface area contributed by atoms with E-state index in [9.17, 15) is 40.7 Å². The Labute approximate surface area is 435 Å². The third-order valence-corrected chi connectivity index (χ3v) is 14.5. The Bertz CT molecular complexity index is 2660. The van der Waals surface area contributed by atoms with Gasteiger partial charge in [0.25, 0.3) is 0 Å². The summed E-state index contributed by atoms with van der Waals surface area (Å²) < 4.78 is 96.9. The van der Waals surface area contributed by atoms with Crippen LogP contribution in [0.1, 0.15) is 128 Å². The molecule has 14 nitrogen and oxygen atoms in total. The lowest BCUT2D eigenvalue weighted by Gasteiger charge is -2.39. The quantitative estimate of drug-likeness (QED) is 0.101. The summed E-state index contributed by atoms with van der Waals surface area (Å²) in [6.45, 7) is 22.0. The van der Waals surface area contributed by atoms with Crippen molar-refractivity contribution in [2.24, 2.45) is 0 Å². The molecule has 4 fully saturated rings. The molecule has 8 rings (SSSR count). The van der Waals surface area contributed by atoms with Crippen molar-refractivity contribution >= 4 is 29.9 Å². The summed E-state index contributed by atoms with van der Waals surface area (Å²) in [5.74, 6) is 1.60. The van der Waals surface area contributed by atoms with Crippen LogP contribution in [0.4, 0.5) is 52.4 Å². The zero-order valence-electron chi connectivity index (χ0n) is 44.3. The molecule has 20 heteroatoms. The van der Waals surface area contributed by atoms with Crippen LogP contribution in [-0.2, 0) is 39.7 Å². The Morgan fingerprint density at radius 3 is 1.44 bits per heavy atom. The maximum Gasteiger partial charge on any atom is 0.416 e. The van der Waals surface area contributed by atoms with Crippen molar-refractivity contribution < 1.29 is 54.9 Å². The van der Waals surface area contributed by atoms with Crippen LogP contribution < -0.4 is 15.1 Å². The largest absolute Gasteiger partial charge is 0.450 e. The summed E-state index contributed by atoms with van der Waals surface area (Å²) >= 11 is 0. The molecule has 408 valence electrons. The highest BCUT2D eigenvalue weighted by molar-refractivity contribution is 5.72. The van der Waals surface area contributed by atoms with Gasteiger partial charge < -0.3 is 34.2 Å². The van der Waals surface area contributed by atoms with Crippen molar-refractivity contribution in [3.05, 3.63) is 117 Å². The van der Waals surface area contributed by atoms with Gasteiger partial charge in [0, 0.05) is 61.8 Å². The fourth-order valence-corrected chi connectivity index (χ4v) is 10.8. The molecule has 3 amide bonds. The minimum Gasteiger partial charge on any atom is -0.450 e. The molecule has 75 heavy (non-hydrogen) atoms. The van der Waals surface area contributed by atoms with Gasteiger partial charge in [-0.2, -0.15) is 26.3 Å². The first-order valence-electron chi connectivity index (χ1n) is 25.9. The maximum atomic E-state index is 13.5. The summed E-state index contributed by atoms with van der Waals surface area (Å²) in [4.78, 5) is 57.0. The topological polar surface area (TPSA) is 133 Å². The molecule has 4 saturated heterocycles. The van der Waals surface area contributed by atoms with E-state index in [1.54, 1.807) is 60.7 Å². The van der Waals surface area contributed by atoms with E-state index >= 15 is 0 Å². The second-order valence-electron chi connectivity index (χ2n) is 20.1. The Kier molecular flexibility index (Phi) is 17.8. The number of aromatic nitrogens is 2. The van der Waals surface area contributed by atoms with Crippen LogP contribution >= 0.6 is 0 Å². The molecule has 4 aromatic rings. The number of aryl methyl sites for hydroxylation is 4. The van der Waals surface area contributed by atoms with E-state index in [0.717, 1.165) is 103 Å². The Hall–Kier alpha value is -6.31. The molecule has 2 aromatic heterocycles. The van der Waals surface area contributed by atoms with Crippen molar-refractivity contribution in [1.82, 2.24) is 30.0 Å². The van der Waals surface area contributed by atoms with Gasteiger partial charge in [0.2, 0.25) is 0 Å². The molecule has 4 aliphatic heterocycles. The van der Waals surface area contributed by atoms with E-state index in [2.05, 4.69) is 22.0 Å². The minimum absolute atomic E-state index is 0.147. The number of benzene rings is 2. The third kappa shape index (κ3) is 13.2. The molecule has 2 aromatic carbocycles. The smallest absolute Gasteiger partial charge is 0.416 e. The van der Waals surface area contributed by atoms with Gasteiger partial charge in [-0.1, -0.05) is 23.3 Å². The zero-order valence-corrected chi connectivity index (χ0v) is 44.3. The van der Waals surface area contributed by atoms with Gasteiger partial charge in [-0.05, 0) is 160 Å². The minimum atomic E-state index is -4.50. The molecule has 1 N–H and O–H groups in total. The molecule has 4 aliphatic rings. The van der Waals surface area contributed by atoms with Crippen LogP contribution in [0, 0.1) is 27.7 Å². The Balaban J connectivity index is 0.000000221. The van der Waals surface area contributed by atoms with Gasteiger partial charge in [0.15, 0.2) is 0 Å². The van der Waals surface area contributed by atoms with Gasteiger partial charge in [-0.25, -0.2) is 24.4 Å². The predicted octanol–water partition coefficient (Wildman–Crippen LogP) is 11.6. The first-order valence-corrected chi connectivity index (χ1v) is 25.9. The molecule has 4 atom stereocenters. The second kappa shape index (κ2) is 23.7. The lowest BCUT2D eigenvalue weighted by molar-refractivity contribution is -0.138. The van der Waals surface area contributed by atoms with Gasteiger partial charge in [-0.15, -0.1) is 0 Å². The predicted molar refractivity (Wildman–Crippen MR) is 272 cm³/mol. The number of likely N-dealkylation sites (tertiary alicyclic amines) is 1. The maximum absolute atomic E-state index is 13.5. The van der Waals surface area contributed by atoms with E-state index in [1.807, 2.05) is 46.0 Å². The van der Waals surface area contributed by atoms with Crippen LogP contribution in [0.3, 0.4) is 0 Å². The van der Waals surface area contributed by atoms with E-state index in [1.165, 1.54) is 0 Å². The van der Waals surface area contributed by atoms with Gasteiger partial charge in [-0.3, -0.25) is 9.80 Å². The standard InChI is InChI=1S/C29H37F3N4O4.C26H33F3N4O2/c1-6-35(24-8-10-34(11-9-24)27(37)39-7-2)26-22(13-19(4)16-33-26)17-36-20(5)25(40-28(36)38)21-12-18(3)14-23(15-21)29(30,31)32;1-5-32(22-6-8-30-9-7-22)24-20(11-17(3)14-31-24)15-33-18(4)23(35-25(33)34)19-10-16(2)12-21(13-19)26(27,28)29/h12-16,20,24-25H,6-11,17H2,1-5H3;10-14,18,22-23,30H,5-9,15H2,1-4H3/t20-,25-;18-,23-/m00/s1. The highest BCUT2D eigenvalue weighted by Gasteiger charge is 2.44. The van der Waals surface area contributed by atoms with Crippen LogP contribution in [0.15, 0.2) is 60.9 Å². The molecule has 6 heterocycles. The normalized spacial score (nSPS) is 20.7. The highest BCUT2D eigenvalue weighted by atomic mass is 19.4. The summed E-state index contributed by atoms with van der Waals surface area (Å²) in [5, 5.41) is 3.39. The number of alkyl halides is 6. The van der Waals surface area contributed by atoms with Crippen LogP contribution in [0.5, 0.6) is 0 Å². The number of pyridine rings is 2. The van der Waals surface area contributed by atoms with Crippen molar-refractivity contribution in [3.8, 4) is 0 Å². The summed E-state index contributed by atoms with van der Waals surface area (Å²) in [5.41, 5.74) is 3.75. The average molecular weight is 1050 g/mol. The number of halogens is 6. The molecule has 0 spiro atoms. The van der Waals surface area contributed by atoms with Crippen molar-refractivity contribution in [2.75, 3.05) is 55.7 Å². The van der Waals surface area contributed by atoms with Crippen molar-refractivity contribution in [1.29, 1.82) is 0 Å². The number of carbonyl (C=O) groups is 3. The number of nitrogens with zero attached hydrogens (tertiary/aromatic N) is 7. The Morgan fingerprint density at radius 2 is 1.05 bits per heavy atom. The fraction of sp³-hybridized carbons (Fsp3) is 0.545. The lowest BCUT2D eigenvalue weighted by Crippen LogP contribution is -2.47. The number of hydrogen-bond donors (Lipinski definition) is 1. The molecule has 0 aliphatic carbocycles. The molecular formula is C55H70F6N8O6. The Morgan fingerprint density at radius 1 is 0.640 bits per heavy atom. The van der Waals surface area contributed by atoms with E-state index in [0.29, 0.717) is 54.5 Å². The zero-order chi connectivity index (χ0) is 54.5. The summed E-state index contributed by atoms with van der Waals surface area (Å²) in [6, 6.07) is 11.2. The number of hydrogen-bond acceptors (Lipinski definition) is 11. The number of anilines is 2. The van der Waals surface area contributed by atoms with E-state index in [4.69, 9.17) is 24.2 Å². The molecule has 0 unspecified atom stereocenters. The van der Waals surface area contributed by atoms with Crippen molar-refractivity contribution in [2.45, 2.75) is 150 Å². The summed E-state index contributed by atoms with van der Waals surface area (Å²) in [6.07, 6.45) is -4.83. The molecule has 0 saturated carbocycles. The van der Waals surface area contributed by atoms with Gasteiger partial charge >= 0.3 is 30.6 Å². The summed E-state index contributed by atoms with van der Waals surface area (Å²) in [7, 11) is 0. The third-order valence-electron chi connectivity index (χ3n) is 14.5. The number of cyclic esters (lactones) is 2. The molecule has 0 bridgehead atoms.